The largest absolute Gasteiger partial charge is 0.471 e. The van der Waals surface area contributed by atoms with Gasteiger partial charge in [-0.3, -0.25) is 4.79 Å². The first kappa shape index (κ1) is 15.0. The molecule has 0 saturated carbocycles. The summed E-state index contributed by atoms with van der Waals surface area (Å²) in [5, 5.41) is 3.28. The summed E-state index contributed by atoms with van der Waals surface area (Å²) in [5.74, 6) is -1.93. The summed E-state index contributed by atoms with van der Waals surface area (Å²) >= 11 is 0. The molecule has 0 radical (unpaired) electrons. The van der Waals surface area contributed by atoms with E-state index < -0.39 is 12.1 Å². The molecule has 0 N–H and O–H groups in total. The number of rotatable bonds is 4. The fraction of sp³-hybridized carbons (Fsp3) is 0.308. The van der Waals surface area contributed by atoms with Crippen LogP contribution in [0.2, 0.25) is 0 Å². The number of ether oxygens (including phenoxy) is 1. The molecule has 0 saturated heterocycles. The van der Waals surface area contributed by atoms with Gasteiger partial charge in [-0.2, -0.15) is 18.2 Å². The van der Waals surface area contributed by atoms with Crippen LogP contribution in [-0.4, -0.2) is 22.7 Å². The topological polar surface area (TPSA) is 65.2 Å². The third-order valence-electron chi connectivity index (χ3n) is 2.53. The first-order valence-electron chi connectivity index (χ1n) is 6.06. The molecule has 2 rings (SSSR count). The van der Waals surface area contributed by atoms with E-state index >= 15 is 0 Å². The number of benzene rings is 1. The summed E-state index contributed by atoms with van der Waals surface area (Å²) in [5.41, 5.74) is 1.04. The Bertz CT molecular complexity index is 620. The second-order valence-electron chi connectivity index (χ2n) is 4.10. The van der Waals surface area contributed by atoms with Gasteiger partial charge in [0.25, 0.3) is 0 Å². The van der Waals surface area contributed by atoms with Crippen LogP contribution in [0.15, 0.2) is 28.8 Å². The Morgan fingerprint density at radius 3 is 2.48 bits per heavy atom. The van der Waals surface area contributed by atoms with E-state index in [1.54, 1.807) is 19.1 Å². The number of carbonyl (C=O) groups excluding carboxylic acids is 1. The van der Waals surface area contributed by atoms with Crippen LogP contribution in [0.1, 0.15) is 18.4 Å². The lowest BCUT2D eigenvalue weighted by molar-refractivity contribution is -0.159. The minimum Gasteiger partial charge on any atom is -0.466 e. The average Bonchev–Trinajstić information content (AvgIpc) is 2.89. The van der Waals surface area contributed by atoms with Gasteiger partial charge in [0.2, 0.25) is 5.82 Å². The Balaban J connectivity index is 2.12. The second-order valence-corrected chi connectivity index (χ2v) is 4.10. The maximum Gasteiger partial charge on any atom is 0.471 e. The van der Waals surface area contributed by atoms with Gasteiger partial charge in [-0.15, -0.1) is 0 Å². The van der Waals surface area contributed by atoms with Crippen molar-refractivity contribution in [2.45, 2.75) is 19.5 Å². The highest BCUT2D eigenvalue weighted by atomic mass is 19.4. The van der Waals surface area contributed by atoms with Gasteiger partial charge in [0.05, 0.1) is 13.0 Å². The highest BCUT2D eigenvalue weighted by Crippen LogP contribution is 2.29. The molecule has 0 unspecified atom stereocenters. The van der Waals surface area contributed by atoms with Crippen molar-refractivity contribution in [2.24, 2.45) is 0 Å². The van der Waals surface area contributed by atoms with Crippen molar-refractivity contribution in [3.8, 4) is 11.4 Å². The Hall–Kier alpha value is -2.38. The van der Waals surface area contributed by atoms with E-state index in [4.69, 9.17) is 4.74 Å². The number of halogens is 3. The molecule has 1 aromatic heterocycles. The molecule has 0 aliphatic rings. The van der Waals surface area contributed by atoms with Crippen LogP contribution < -0.4 is 0 Å². The number of esters is 1. The van der Waals surface area contributed by atoms with Crippen LogP contribution >= 0.6 is 0 Å². The minimum atomic E-state index is -4.67. The molecule has 21 heavy (non-hydrogen) atoms. The van der Waals surface area contributed by atoms with Crippen LogP contribution in [0.25, 0.3) is 11.4 Å². The predicted octanol–water partition coefficient (Wildman–Crippen LogP) is 2.86. The number of alkyl halides is 3. The number of carbonyl (C=O) groups is 1. The zero-order valence-corrected chi connectivity index (χ0v) is 11.0. The Morgan fingerprint density at radius 2 is 1.95 bits per heavy atom. The number of hydrogen-bond acceptors (Lipinski definition) is 5. The lowest BCUT2D eigenvalue weighted by Crippen LogP contribution is -2.07. The molecule has 0 spiro atoms. The van der Waals surface area contributed by atoms with Crippen LogP contribution in [0.5, 0.6) is 0 Å². The molecule has 0 fully saturated rings. The molecule has 1 aromatic carbocycles. The molecular formula is C13H11F3N2O3. The minimum absolute atomic E-state index is 0.0914. The average molecular weight is 300 g/mol. The van der Waals surface area contributed by atoms with Crippen LogP contribution in [0.3, 0.4) is 0 Å². The highest BCUT2D eigenvalue weighted by Gasteiger charge is 2.38. The molecule has 0 aliphatic heterocycles. The van der Waals surface area contributed by atoms with Crippen LogP contribution in [0.4, 0.5) is 13.2 Å². The van der Waals surface area contributed by atoms with Crippen molar-refractivity contribution in [3.63, 3.8) is 0 Å². The van der Waals surface area contributed by atoms with Gasteiger partial charge in [-0.05, 0) is 12.5 Å². The van der Waals surface area contributed by atoms with Gasteiger partial charge in [-0.1, -0.05) is 29.4 Å². The van der Waals surface area contributed by atoms with E-state index in [1.807, 2.05) is 0 Å². The molecule has 2 aromatic rings. The SMILES string of the molecule is CCOC(=O)Cc1ccc(-c2noc(C(F)(F)F)n2)cc1. The first-order chi connectivity index (χ1) is 9.90. The molecule has 0 atom stereocenters. The zero-order chi connectivity index (χ0) is 15.5. The van der Waals surface area contributed by atoms with Crippen molar-refractivity contribution >= 4 is 5.97 Å². The van der Waals surface area contributed by atoms with Gasteiger partial charge >= 0.3 is 18.0 Å². The maximum absolute atomic E-state index is 12.3. The van der Waals surface area contributed by atoms with E-state index in [2.05, 4.69) is 14.7 Å². The lowest BCUT2D eigenvalue weighted by atomic mass is 10.1. The molecular weight excluding hydrogens is 289 g/mol. The van der Waals surface area contributed by atoms with Gasteiger partial charge < -0.3 is 9.26 Å². The monoisotopic (exact) mass is 300 g/mol. The molecule has 1 heterocycles. The van der Waals surface area contributed by atoms with Crippen molar-refractivity contribution < 1.29 is 27.2 Å². The molecule has 0 bridgehead atoms. The normalized spacial score (nSPS) is 11.4. The second kappa shape index (κ2) is 5.94. The number of hydrogen-bond donors (Lipinski definition) is 0. The molecule has 112 valence electrons. The molecule has 0 aliphatic carbocycles. The number of aromatic nitrogens is 2. The van der Waals surface area contributed by atoms with Crippen molar-refractivity contribution in [2.75, 3.05) is 6.61 Å². The zero-order valence-electron chi connectivity index (χ0n) is 11.0. The van der Waals surface area contributed by atoms with E-state index in [1.165, 1.54) is 12.1 Å². The predicted molar refractivity (Wildman–Crippen MR) is 65.1 cm³/mol. The summed E-state index contributed by atoms with van der Waals surface area (Å²) in [6, 6.07) is 6.21. The first-order valence-corrected chi connectivity index (χ1v) is 6.06. The van der Waals surface area contributed by atoms with Crippen molar-refractivity contribution in [1.29, 1.82) is 0 Å². The summed E-state index contributed by atoms with van der Waals surface area (Å²) in [4.78, 5) is 14.6. The summed E-state index contributed by atoms with van der Waals surface area (Å²) in [6.07, 6.45) is -4.58. The van der Waals surface area contributed by atoms with Gasteiger partial charge in [0.1, 0.15) is 0 Å². The highest BCUT2D eigenvalue weighted by molar-refractivity contribution is 5.72. The fourth-order valence-electron chi connectivity index (χ4n) is 1.61. The van der Waals surface area contributed by atoms with Crippen LogP contribution in [-0.2, 0) is 22.1 Å². The third kappa shape index (κ3) is 3.80. The summed E-state index contributed by atoms with van der Waals surface area (Å²) in [6.45, 7) is 2.00. The lowest BCUT2D eigenvalue weighted by Gasteiger charge is -2.02. The third-order valence-corrected chi connectivity index (χ3v) is 2.53. The van der Waals surface area contributed by atoms with E-state index in [0.717, 1.165) is 0 Å². The van der Waals surface area contributed by atoms with E-state index in [0.29, 0.717) is 17.7 Å². The summed E-state index contributed by atoms with van der Waals surface area (Å²) < 4.78 is 46.0. The fourth-order valence-corrected chi connectivity index (χ4v) is 1.61. The maximum atomic E-state index is 12.3. The van der Waals surface area contributed by atoms with Gasteiger partial charge in [0, 0.05) is 5.56 Å². The van der Waals surface area contributed by atoms with E-state index in [9.17, 15) is 18.0 Å². The van der Waals surface area contributed by atoms with Gasteiger partial charge in [-0.25, -0.2) is 0 Å². The smallest absolute Gasteiger partial charge is 0.466 e. The standard InChI is InChI=1S/C13H11F3N2O3/c1-2-20-10(19)7-8-3-5-9(6-4-8)11-17-12(21-18-11)13(14,15)16/h3-6H,2,7H2,1H3. The molecule has 0 amide bonds. The molecule has 5 nitrogen and oxygen atoms in total. The Morgan fingerprint density at radius 1 is 1.29 bits per heavy atom. The molecule has 8 heteroatoms. The van der Waals surface area contributed by atoms with Crippen molar-refractivity contribution in [3.05, 3.63) is 35.7 Å². The summed E-state index contributed by atoms with van der Waals surface area (Å²) in [7, 11) is 0. The van der Waals surface area contributed by atoms with Crippen molar-refractivity contribution in [1.82, 2.24) is 10.1 Å². The Labute approximate surface area is 117 Å². The van der Waals surface area contributed by atoms with Gasteiger partial charge in [0.15, 0.2) is 0 Å². The number of nitrogens with zero attached hydrogens (tertiary/aromatic N) is 2. The quantitative estimate of drug-likeness (QED) is 0.812. The van der Waals surface area contributed by atoms with Crippen LogP contribution in [0, 0.1) is 0 Å². The Kier molecular flexibility index (Phi) is 4.25. The van der Waals surface area contributed by atoms with E-state index in [-0.39, 0.29) is 18.2 Å².